The largest absolute Gasteiger partial charge is 0.466 e. The highest BCUT2D eigenvalue weighted by atomic mass is 16.4. The average molecular weight is 372 g/mol. The minimum Gasteiger partial charge on any atom is -0.466 e. The summed E-state index contributed by atoms with van der Waals surface area (Å²) in [6.07, 6.45) is -2.08. The summed E-state index contributed by atoms with van der Waals surface area (Å²) in [5, 5.41) is 11.4. The Morgan fingerprint density at radius 3 is 2.48 bits per heavy atom. The molecule has 0 bridgehead atoms. The zero-order chi connectivity index (χ0) is 19.8. The second kappa shape index (κ2) is 6.57. The van der Waals surface area contributed by atoms with Gasteiger partial charge in [0.15, 0.2) is 5.43 Å². The first-order chi connectivity index (χ1) is 12.8. The van der Waals surface area contributed by atoms with Gasteiger partial charge in [-0.15, -0.1) is 0 Å². The third-order valence-corrected chi connectivity index (χ3v) is 4.28. The fourth-order valence-electron chi connectivity index (χ4n) is 3.01. The molecule has 1 fully saturated rings. The topological polar surface area (TPSA) is 146 Å². The lowest BCUT2D eigenvalue weighted by atomic mass is 9.87. The van der Waals surface area contributed by atoms with Crippen LogP contribution in [0.4, 0.5) is 15.3 Å². The normalized spacial score (nSPS) is 22.7. The quantitative estimate of drug-likeness (QED) is 0.710. The van der Waals surface area contributed by atoms with Crippen LogP contribution in [0.1, 0.15) is 5.76 Å². The van der Waals surface area contributed by atoms with E-state index >= 15 is 0 Å². The maximum atomic E-state index is 13.0. The van der Waals surface area contributed by atoms with E-state index in [9.17, 15) is 24.3 Å². The van der Waals surface area contributed by atoms with Crippen LogP contribution < -0.4 is 21.4 Å². The molecular formula is C17H16N4O6. The number of carbonyl (C=O) groups excluding carboxylic acids is 2. The predicted molar refractivity (Wildman–Crippen MR) is 92.9 cm³/mol. The molecule has 1 aromatic carbocycles. The second-order valence-electron chi connectivity index (χ2n) is 5.87. The second-order valence-corrected chi connectivity index (χ2v) is 5.87. The number of carbonyl (C=O) groups is 3. The van der Waals surface area contributed by atoms with Crippen molar-refractivity contribution in [3.05, 3.63) is 64.7 Å². The zero-order valence-corrected chi connectivity index (χ0v) is 14.2. The summed E-state index contributed by atoms with van der Waals surface area (Å²) < 4.78 is 5.27. The molecule has 10 heteroatoms. The van der Waals surface area contributed by atoms with Crippen LogP contribution in [-0.2, 0) is 10.3 Å². The van der Waals surface area contributed by atoms with Crippen LogP contribution in [-0.4, -0.2) is 41.3 Å². The van der Waals surface area contributed by atoms with E-state index in [4.69, 9.17) is 10.2 Å². The standard InChI is InChI=1S/C17H16N4O6/c1-20-14(23)17(19-15(24)25,12-9-11(22)7-8-27-12)13(18)21(16(20)26)10-5-3-2-4-6-10/h2-9,13,19H,18H2,1H3,(H,24,25). The third-order valence-electron chi connectivity index (χ3n) is 4.28. The van der Waals surface area contributed by atoms with Crippen LogP contribution in [0.15, 0.2) is 57.9 Å². The zero-order valence-electron chi connectivity index (χ0n) is 14.2. The van der Waals surface area contributed by atoms with Crippen molar-refractivity contribution in [1.82, 2.24) is 10.2 Å². The molecule has 1 aliphatic heterocycles. The van der Waals surface area contributed by atoms with Gasteiger partial charge in [0, 0.05) is 24.9 Å². The molecule has 140 valence electrons. The molecule has 0 radical (unpaired) electrons. The van der Waals surface area contributed by atoms with Crippen molar-refractivity contribution in [2.75, 3.05) is 11.9 Å². The third kappa shape index (κ3) is 2.81. The number of nitrogens with one attached hydrogen (secondary N) is 1. The van der Waals surface area contributed by atoms with Gasteiger partial charge in [-0.25, -0.2) is 9.59 Å². The van der Waals surface area contributed by atoms with E-state index in [1.165, 1.54) is 7.05 Å². The molecule has 2 atom stereocenters. The van der Waals surface area contributed by atoms with Gasteiger partial charge in [-0.05, 0) is 12.1 Å². The van der Waals surface area contributed by atoms with E-state index in [1.54, 1.807) is 30.3 Å². The van der Waals surface area contributed by atoms with Gasteiger partial charge in [-0.1, -0.05) is 18.2 Å². The summed E-state index contributed by atoms with van der Waals surface area (Å²) in [6, 6.07) is 9.49. The van der Waals surface area contributed by atoms with Gasteiger partial charge in [0.1, 0.15) is 11.9 Å². The average Bonchev–Trinajstić information content (AvgIpc) is 2.64. The number of nitrogens with two attached hydrogens (primary N) is 1. The molecule has 2 unspecified atom stereocenters. The van der Waals surface area contributed by atoms with Crippen molar-refractivity contribution >= 4 is 23.7 Å². The van der Waals surface area contributed by atoms with E-state index < -0.39 is 35.2 Å². The summed E-state index contributed by atoms with van der Waals surface area (Å²) in [5.74, 6) is -1.29. The van der Waals surface area contributed by atoms with Gasteiger partial charge in [-0.3, -0.25) is 24.7 Å². The number of para-hydroxylation sites is 1. The Kier molecular flexibility index (Phi) is 4.42. The molecule has 4 N–H and O–H groups in total. The van der Waals surface area contributed by atoms with Crippen molar-refractivity contribution in [2.24, 2.45) is 5.73 Å². The Balaban J connectivity index is 2.26. The molecule has 27 heavy (non-hydrogen) atoms. The van der Waals surface area contributed by atoms with Gasteiger partial charge in [-0.2, -0.15) is 0 Å². The van der Waals surface area contributed by atoms with Crippen molar-refractivity contribution in [3.63, 3.8) is 0 Å². The van der Waals surface area contributed by atoms with E-state index in [-0.39, 0.29) is 5.76 Å². The molecule has 4 amide bonds. The van der Waals surface area contributed by atoms with Gasteiger partial charge in [0.2, 0.25) is 5.54 Å². The lowest BCUT2D eigenvalue weighted by Crippen LogP contribution is -2.76. The summed E-state index contributed by atoms with van der Waals surface area (Å²) >= 11 is 0. The molecule has 2 heterocycles. The summed E-state index contributed by atoms with van der Waals surface area (Å²) in [4.78, 5) is 50.8. The molecule has 0 saturated carbocycles. The number of urea groups is 1. The fraction of sp³-hybridized carbons (Fsp3) is 0.176. The minimum atomic E-state index is -2.22. The molecule has 1 saturated heterocycles. The molecule has 1 aliphatic rings. The lowest BCUT2D eigenvalue weighted by Gasteiger charge is -2.47. The summed E-state index contributed by atoms with van der Waals surface area (Å²) in [6.45, 7) is 0. The maximum absolute atomic E-state index is 13.0. The van der Waals surface area contributed by atoms with Crippen LogP contribution in [0.5, 0.6) is 0 Å². The lowest BCUT2D eigenvalue weighted by molar-refractivity contribution is -0.138. The van der Waals surface area contributed by atoms with Gasteiger partial charge in [0.05, 0.1) is 6.26 Å². The molecular weight excluding hydrogens is 356 g/mol. The number of hydrogen-bond donors (Lipinski definition) is 3. The number of anilines is 1. The molecule has 0 aliphatic carbocycles. The minimum absolute atomic E-state index is 0.324. The summed E-state index contributed by atoms with van der Waals surface area (Å²) in [7, 11) is 1.19. The number of likely N-dealkylation sites (N-methyl/N-ethyl adjacent to an activating group) is 1. The number of amides is 4. The van der Waals surface area contributed by atoms with Crippen LogP contribution in [0.3, 0.4) is 0 Å². The van der Waals surface area contributed by atoms with Gasteiger partial charge in [0.25, 0.3) is 5.91 Å². The smallest absolute Gasteiger partial charge is 0.405 e. The van der Waals surface area contributed by atoms with Crippen molar-refractivity contribution in [1.29, 1.82) is 0 Å². The highest BCUT2D eigenvalue weighted by Crippen LogP contribution is 2.35. The van der Waals surface area contributed by atoms with E-state index in [0.717, 1.165) is 28.2 Å². The molecule has 1 aromatic heterocycles. The predicted octanol–water partition coefficient (Wildman–Crippen LogP) is 0.486. The fourth-order valence-corrected chi connectivity index (χ4v) is 3.01. The molecule has 3 rings (SSSR count). The van der Waals surface area contributed by atoms with Crippen molar-refractivity contribution < 1.29 is 23.9 Å². The Labute approximate surface area is 152 Å². The summed E-state index contributed by atoms with van der Waals surface area (Å²) in [5.41, 5.74) is 3.83. The highest BCUT2D eigenvalue weighted by molar-refractivity contribution is 6.10. The maximum Gasteiger partial charge on any atom is 0.405 e. The van der Waals surface area contributed by atoms with Crippen LogP contribution in [0, 0.1) is 0 Å². The monoisotopic (exact) mass is 372 g/mol. The number of benzene rings is 1. The number of hydrogen-bond acceptors (Lipinski definition) is 6. The van der Waals surface area contributed by atoms with Crippen LogP contribution in [0.25, 0.3) is 0 Å². The first-order valence-corrected chi connectivity index (χ1v) is 7.81. The Morgan fingerprint density at radius 1 is 1.22 bits per heavy atom. The Morgan fingerprint density at radius 2 is 1.89 bits per heavy atom. The van der Waals surface area contributed by atoms with Crippen molar-refractivity contribution in [2.45, 2.75) is 11.7 Å². The first-order valence-electron chi connectivity index (χ1n) is 7.81. The Hall–Kier alpha value is -3.66. The van der Waals surface area contributed by atoms with Crippen molar-refractivity contribution in [3.8, 4) is 0 Å². The van der Waals surface area contributed by atoms with Gasteiger partial charge < -0.3 is 15.3 Å². The number of nitrogens with zero attached hydrogens (tertiary/aromatic N) is 2. The first kappa shape index (κ1) is 18.1. The Bertz CT molecular complexity index is 959. The van der Waals surface area contributed by atoms with E-state index in [0.29, 0.717) is 5.69 Å². The number of carboxylic acid groups (broad SMARTS) is 1. The molecule has 2 aromatic rings. The SMILES string of the molecule is CN1C(=O)N(c2ccccc2)C(N)C(NC(=O)O)(c2cc(=O)cco2)C1=O. The molecule has 0 spiro atoms. The molecule has 10 nitrogen and oxygen atoms in total. The van der Waals surface area contributed by atoms with Gasteiger partial charge >= 0.3 is 12.1 Å². The van der Waals surface area contributed by atoms with Crippen LogP contribution in [0.2, 0.25) is 0 Å². The number of imide groups is 1. The van der Waals surface area contributed by atoms with E-state index in [1.807, 2.05) is 0 Å². The highest BCUT2D eigenvalue weighted by Gasteiger charge is 2.59. The number of rotatable bonds is 3. The van der Waals surface area contributed by atoms with Crippen LogP contribution >= 0.6 is 0 Å². The van der Waals surface area contributed by atoms with E-state index in [2.05, 4.69) is 5.32 Å².